The number of hydrogen-bond acceptors (Lipinski definition) is 0. The molecule has 0 N–H and O–H groups in total. The van der Waals surface area contributed by atoms with Gasteiger partial charge in [-0.2, -0.15) is 0 Å². The molecule has 0 aromatic rings. The largest absolute Gasteiger partial charge is 0.247 e. The highest BCUT2D eigenvalue weighted by Crippen LogP contribution is 2.48. The van der Waals surface area contributed by atoms with Crippen LogP contribution in [0.2, 0.25) is 0 Å². The Hall–Kier alpha value is 0.220. The van der Waals surface area contributed by atoms with Crippen LogP contribution in [0.4, 0.5) is 4.39 Å². The molecule has 0 spiro atoms. The van der Waals surface area contributed by atoms with E-state index in [1.165, 1.54) is 0 Å². The molecule has 0 heterocycles. The van der Waals surface area contributed by atoms with Crippen LogP contribution in [0.5, 0.6) is 0 Å². The first-order valence-corrected chi connectivity index (χ1v) is 3.99. The summed E-state index contributed by atoms with van der Waals surface area (Å²) in [6, 6.07) is 0. The molecule has 4 atom stereocenters. The molecule has 9 heavy (non-hydrogen) atoms. The fraction of sp³-hybridized carbons (Fsp3) is 1.00. The van der Waals surface area contributed by atoms with Crippen LogP contribution in [0.1, 0.15) is 19.3 Å². The number of rotatable bonds is 0. The predicted molar refractivity (Wildman–Crippen MR) is 35.4 cm³/mol. The van der Waals surface area contributed by atoms with Gasteiger partial charge >= 0.3 is 0 Å². The minimum Gasteiger partial charge on any atom is -0.247 e. The highest BCUT2D eigenvalue weighted by atomic mass is 35.5. The van der Waals surface area contributed by atoms with E-state index >= 15 is 0 Å². The first kappa shape index (κ1) is 5.96. The maximum absolute atomic E-state index is 12.7. The van der Waals surface area contributed by atoms with Crippen molar-refractivity contribution in [3.63, 3.8) is 0 Å². The zero-order chi connectivity index (χ0) is 6.43. The molecule has 52 valence electrons. The fourth-order valence-electron chi connectivity index (χ4n) is 2.14. The average Bonchev–Trinajstić information content (AvgIpc) is 2.24. The zero-order valence-corrected chi connectivity index (χ0v) is 5.94. The lowest BCUT2D eigenvalue weighted by Crippen LogP contribution is -2.18. The van der Waals surface area contributed by atoms with E-state index in [4.69, 9.17) is 11.6 Å². The molecule has 2 saturated carbocycles. The third-order valence-electron chi connectivity index (χ3n) is 2.68. The molecule has 0 aromatic carbocycles. The van der Waals surface area contributed by atoms with Gasteiger partial charge in [0.25, 0.3) is 0 Å². The molecule has 0 radical (unpaired) electrons. The molecule has 2 rings (SSSR count). The van der Waals surface area contributed by atoms with Gasteiger partial charge in [0.05, 0.1) is 0 Å². The summed E-state index contributed by atoms with van der Waals surface area (Å²) < 4.78 is 12.7. The third-order valence-corrected chi connectivity index (χ3v) is 3.22. The van der Waals surface area contributed by atoms with Gasteiger partial charge in [0.2, 0.25) is 0 Å². The summed E-state index contributed by atoms with van der Waals surface area (Å²) in [5, 5.41) is 0.294. The van der Waals surface area contributed by atoms with Crippen LogP contribution in [-0.2, 0) is 0 Å². The molecular weight excluding hydrogens is 139 g/mol. The first-order valence-electron chi connectivity index (χ1n) is 3.55. The van der Waals surface area contributed by atoms with Crippen LogP contribution in [0.3, 0.4) is 0 Å². The van der Waals surface area contributed by atoms with Gasteiger partial charge in [0.15, 0.2) is 0 Å². The standard InChI is InChI=1S/C7H10ClF/c8-6-2-5-1-4(6)3-7(5)9/h4-7H,1-3H2/t4-,5-,6-,7+/m1/s1. The van der Waals surface area contributed by atoms with Crippen molar-refractivity contribution in [3.8, 4) is 0 Å². The number of fused-ring (bicyclic) bond motifs is 2. The van der Waals surface area contributed by atoms with E-state index in [9.17, 15) is 4.39 Å². The Morgan fingerprint density at radius 3 is 2.22 bits per heavy atom. The summed E-state index contributed by atoms with van der Waals surface area (Å²) in [5.74, 6) is 0.823. The second-order valence-electron chi connectivity index (χ2n) is 3.26. The molecule has 0 nitrogen and oxygen atoms in total. The fourth-order valence-corrected chi connectivity index (χ4v) is 2.57. The SMILES string of the molecule is F[C@H]1C[C@H]2C[C@@H]1C[C@H]2Cl. The lowest BCUT2D eigenvalue weighted by atomic mass is 9.99. The topological polar surface area (TPSA) is 0 Å². The summed E-state index contributed by atoms with van der Waals surface area (Å²) >= 11 is 5.91. The van der Waals surface area contributed by atoms with Crippen LogP contribution < -0.4 is 0 Å². The minimum absolute atomic E-state index is 0.294. The summed E-state index contributed by atoms with van der Waals surface area (Å²) in [6.07, 6.45) is 2.19. The van der Waals surface area contributed by atoms with E-state index < -0.39 is 6.17 Å². The van der Waals surface area contributed by atoms with Gasteiger partial charge in [-0.05, 0) is 31.1 Å². The average molecular weight is 149 g/mol. The molecule has 2 bridgehead atoms. The number of hydrogen-bond donors (Lipinski definition) is 0. The van der Waals surface area contributed by atoms with Crippen molar-refractivity contribution >= 4 is 11.6 Å². The van der Waals surface area contributed by atoms with Crippen molar-refractivity contribution < 1.29 is 4.39 Å². The second kappa shape index (κ2) is 1.85. The maximum Gasteiger partial charge on any atom is 0.103 e. The van der Waals surface area contributed by atoms with E-state index in [2.05, 4.69) is 0 Å². The van der Waals surface area contributed by atoms with E-state index in [0.29, 0.717) is 17.2 Å². The van der Waals surface area contributed by atoms with Crippen LogP contribution in [-0.4, -0.2) is 11.5 Å². The van der Waals surface area contributed by atoms with Crippen molar-refractivity contribution in [1.82, 2.24) is 0 Å². The van der Waals surface area contributed by atoms with Crippen LogP contribution >= 0.6 is 11.6 Å². The zero-order valence-electron chi connectivity index (χ0n) is 5.19. The first-order chi connectivity index (χ1) is 4.27. The molecule has 2 heteroatoms. The Balaban J connectivity index is 2.10. The summed E-state index contributed by atoms with van der Waals surface area (Å²) in [5.41, 5.74) is 0. The van der Waals surface area contributed by atoms with E-state index in [1.54, 1.807) is 0 Å². The molecule has 0 unspecified atom stereocenters. The van der Waals surface area contributed by atoms with Crippen molar-refractivity contribution in [2.75, 3.05) is 0 Å². The Labute approximate surface area is 59.4 Å². The van der Waals surface area contributed by atoms with Crippen LogP contribution in [0, 0.1) is 11.8 Å². The van der Waals surface area contributed by atoms with Crippen molar-refractivity contribution in [2.45, 2.75) is 30.8 Å². The molecule has 2 aliphatic rings. The number of halogens is 2. The third kappa shape index (κ3) is 0.778. The Morgan fingerprint density at radius 1 is 1.11 bits per heavy atom. The highest BCUT2D eigenvalue weighted by Gasteiger charge is 2.45. The van der Waals surface area contributed by atoms with Crippen LogP contribution in [0.25, 0.3) is 0 Å². The smallest absolute Gasteiger partial charge is 0.103 e. The Bertz CT molecular complexity index is 108. The molecule has 0 saturated heterocycles. The molecule has 2 fully saturated rings. The quantitative estimate of drug-likeness (QED) is 0.463. The van der Waals surface area contributed by atoms with E-state index in [1.807, 2.05) is 0 Å². The van der Waals surface area contributed by atoms with Crippen molar-refractivity contribution in [1.29, 1.82) is 0 Å². The predicted octanol–water partition coefficient (Wildman–Crippen LogP) is 2.36. The summed E-state index contributed by atoms with van der Waals surface area (Å²) in [6.45, 7) is 0. The summed E-state index contributed by atoms with van der Waals surface area (Å²) in [7, 11) is 0. The van der Waals surface area contributed by atoms with Gasteiger partial charge in [-0.15, -0.1) is 11.6 Å². The minimum atomic E-state index is -0.523. The van der Waals surface area contributed by atoms with E-state index in [-0.39, 0.29) is 0 Å². The van der Waals surface area contributed by atoms with Crippen LogP contribution in [0.15, 0.2) is 0 Å². The normalized spacial score (nSPS) is 56.7. The van der Waals surface area contributed by atoms with Gasteiger partial charge in [0, 0.05) is 5.38 Å². The summed E-state index contributed by atoms with van der Waals surface area (Å²) in [4.78, 5) is 0. The highest BCUT2D eigenvalue weighted by molar-refractivity contribution is 6.21. The van der Waals surface area contributed by atoms with Gasteiger partial charge < -0.3 is 0 Å². The van der Waals surface area contributed by atoms with Crippen molar-refractivity contribution in [2.24, 2.45) is 11.8 Å². The van der Waals surface area contributed by atoms with Gasteiger partial charge in [-0.25, -0.2) is 4.39 Å². The molecule has 0 aliphatic heterocycles. The molecule has 0 aromatic heterocycles. The van der Waals surface area contributed by atoms with Gasteiger partial charge in [0.1, 0.15) is 6.17 Å². The van der Waals surface area contributed by atoms with E-state index in [0.717, 1.165) is 19.3 Å². The Morgan fingerprint density at radius 2 is 1.89 bits per heavy atom. The van der Waals surface area contributed by atoms with Gasteiger partial charge in [-0.3, -0.25) is 0 Å². The Kier molecular flexibility index (Phi) is 1.23. The van der Waals surface area contributed by atoms with Gasteiger partial charge in [-0.1, -0.05) is 0 Å². The van der Waals surface area contributed by atoms with Crippen molar-refractivity contribution in [3.05, 3.63) is 0 Å². The number of alkyl halides is 2. The monoisotopic (exact) mass is 148 g/mol. The second-order valence-corrected chi connectivity index (χ2v) is 3.82. The lowest BCUT2D eigenvalue weighted by molar-refractivity contribution is 0.233. The lowest BCUT2D eigenvalue weighted by Gasteiger charge is -2.17. The molecule has 2 aliphatic carbocycles. The maximum atomic E-state index is 12.7. The molecule has 0 amide bonds. The molecular formula is C7H10ClF.